The van der Waals surface area contributed by atoms with Crippen molar-refractivity contribution in [2.75, 3.05) is 20.3 Å². The molecule has 1 atom stereocenters. The average molecular weight is 569 g/mol. The minimum absolute atomic E-state index is 0.248. The number of ether oxygens (including phenoxy) is 3. The maximum Gasteiger partial charge on any atom is 0.338 e. The van der Waals surface area contributed by atoms with Crippen LogP contribution in [0.5, 0.6) is 11.5 Å². The van der Waals surface area contributed by atoms with Gasteiger partial charge in [0.15, 0.2) is 16.3 Å². The second kappa shape index (κ2) is 11.1. The molecule has 1 aliphatic heterocycles. The normalized spacial score (nSPS) is 15.2. The Hall–Kier alpha value is -3.43. The molecule has 2 heterocycles. The number of methoxy groups -OCH3 is 1. The third-order valence-electron chi connectivity index (χ3n) is 5.52. The number of aromatic nitrogens is 1. The Balaban J connectivity index is 1.90. The van der Waals surface area contributed by atoms with E-state index in [1.807, 2.05) is 49.4 Å². The number of halogens is 1. The first-order valence-corrected chi connectivity index (χ1v) is 12.9. The second-order valence-electron chi connectivity index (χ2n) is 7.85. The van der Waals surface area contributed by atoms with Gasteiger partial charge in [-0.05, 0) is 59.1 Å². The van der Waals surface area contributed by atoms with E-state index in [1.54, 1.807) is 23.6 Å². The van der Waals surface area contributed by atoms with E-state index < -0.39 is 12.0 Å². The van der Waals surface area contributed by atoms with Crippen LogP contribution in [0.2, 0.25) is 0 Å². The highest BCUT2D eigenvalue weighted by Gasteiger charge is 2.32. The van der Waals surface area contributed by atoms with Gasteiger partial charge in [0.25, 0.3) is 5.56 Å². The van der Waals surface area contributed by atoms with Crippen molar-refractivity contribution in [1.29, 1.82) is 0 Å². The summed E-state index contributed by atoms with van der Waals surface area (Å²) in [6, 6.07) is 12.4. The van der Waals surface area contributed by atoms with Gasteiger partial charge in [0.1, 0.15) is 6.61 Å². The van der Waals surface area contributed by atoms with Crippen molar-refractivity contribution < 1.29 is 19.0 Å². The molecule has 0 N–H and O–H groups in total. The molecule has 1 aromatic heterocycles. The summed E-state index contributed by atoms with van der Waals surface area (Å²) < 4.78 is 19.3. The number of carbonyl (C=O) groups is 1. The van der Waals surface area contributed by atoms with Crippen LogP contribution in [0.25, 0.3) is 6.08 Å². The van der Waals surface area contributed by atoms with Gasteiger partial charge in [-0.1, -0.05) is 54.3 Å². The fourth-order valence-corrected chi connectivity index (χ4v) is 5.63. The van der Waals surface area contributed by atoms with Crippen molar-refractivity contribution >= 4 is 39.3 Å². The molecule has 4 rings (SSSR count). The first kappa shape index (κ1) is 25.7. The summed E-state index contributed by atoms with van der Waals surface area (Å²) in [5, 5.41) is 0. The number of allylic oxidation sites excluding steroid dienone is 1. The molecule has 0 saturated carbocycles. The van der Waals surface area contributed by atoms with Gasteiger partial charge in [-0.2, -0.15) is 0 Å². The van der Waals surface area contributed by atoms with Crippen LogP contribution in [0.4, 0.5) is 0 Å². The summed E-state index contributed by atoms with van der Waals surface area (Å²) in [6.45, 7) is 8.12. The summed E-state index contributed by atoms with van der Waals surface area (Å²) in [5.41, 5.74) is 2.16. The monoisotopic (exact) mass is 568 g/mol. The van der Waals surface area contributed by atoms with Crippen LogP contribution in [-0.2, 0) is 9.53 Å². The van der Waals surface area contributed by atoms with E-state index in [2.05, 4.69) is 27.5 Å². The Morgan fingerprint density at radius 3 is 2.67 bits per heavy atom. The van der Waals surface area contributed by atoms with Crippen molar-refractivity contribution in [3.63, 3.8) is 0 Å². The number of rotatable bonds is 8. The molecule has 1 aliphatic rings. The molecule has 0 fully saturated rings. The largest absolute Gasteiger partial charge is 0.490 e. The van der Waals surface area contributed by atoms with E-state index in [4.69, 9.17) is 14.2 Å². The molecule has 0 spiro atoms. The van der Waals surface area contributed by atoms with Crippen LogP contribution >= 0.6 is 27.3 Å². The van der Waals surface area contributed by atoms with E-state index in [0.29, 0.717) is 49.8 Å². The first-order chi connectivity index (χ1) is 17.4. The summed E-state index contributed by atoms with van der Waals surface area (Å²) in [5.74, 6) is 0.608. The third kappa shape index (κ3) is 4.94. The SMILES string of the molecule is C=CCOc1c(Br)cc(C=c2sc3n(c2=O)C(c2ccccc2)C(C(=O)OC)=C(C)N=3)cc1OCC. The summed E-state index contributed by atoms with van der Waals surface area (Å²) in [7, 11) is 1.33. The number of nitrogens with zero attached hydrogens (tertiary/aromatic N) is 2. The molecular weight excluding hydrogens is 544 g/mol. The lowest BCUT2D eigenvalue weighted by atomic mass is 9.96. The van der Waals surface area contributed by atoms with Crippen molar-refractivity contribution in [3.8, 4) is 11.5 Å². The van der Waals surface area contributed by atoms with Crippen molar-refractivity contribution in [1.82, 2.24) is 4.57 Å². The van der Waals surface area contributed by atoms with E-state index >= 15 is 0 Å². The number of carbonyl (C=O) groups excluding carboxylic acids is 1. The Bertz CT molecular complexity index is 1520. The smallest absolute Gasteiger partial charge is 0.338 e. The van der Waals surface area contributed by atoms with Gasteiger partial charge in [-0.25, -0.2) is 9.79 Å². The van der Waals surface area contributed by atoms with E-state index in [-0.39, 0.29) is 5.56 Å². The molecule has 1 unspecified atom stereocenters. The number of fused-ring (bicyclic) bond motifs is 1. The standard InChI is InChI=1S/C27H25BrN2O5S/c1-5-12-35-24-19(28)13-17(14-20(24)34-6-2)15-21-25(31)30-23(18-10-8-7-9-11-18)22(26(32)33-4)16(3)29-27(30)36-21/h5,7-11,13-15,23H,1,6,12H2,2-4H3. The number of hydrogen-bond acceptors (Lipinski definition) is 7. The topological polar surface area (TPSA) is 79.1 Å². The van der Waals surface area contributed by atoms with Crippen molar-refractivity contribution in [2.24, 2.45) is 4.99 Å². The quantitative estimate of drug-likeness (QED) is 0.301. The molecule has 0 saturated heterocycles. The minimum atomic E-state index is -0.641. The molecule has 9 heteroatoms. The maximum absolute atomic E-state index is 13.7. The average Bonchev–Trinajstić information content (AvgIpc) is 3.17. The van der Waals surface area contributed by atoms with Crippen LogP contribution in [0.15, 0.2) is 80.6 Å². The first-order valence-electron chi connectivity index (χ1n) is 11.2. The molecule has 0 bridgehead atoms. The summed E-state index contributed by atoms with van der Waals surface area (Å²) in [4.78, 5) is 31.5. The highest BCUT2D eigenvalue weighted by molar-refractivity contribution is 9.10. The fourth-order valence-electron chi connectivity index (χ4n) is 4.01. The molecular formula is C27H25BrN2O5S. The summed E-state index contributed by atoms with van der Waals surface area (Å²) in [6.07, 6.45) is 3.44. The highest BCUT2D eigenvalue weighted by atomic mass is 79.9. The Morgan fingerprint density at radius 1 is 1.25 bits per heavy atom. The zero-order valence-electron chi connectivity index (χ0n) is 20.1. The lowest BCUT2D eigenvalue weighted by Gasteiger charge is -2.24. The minimum Gasteiger partial charge on any atom is -0.490 e. The number of thiazole rings is 1. The van der Waals surface area contributed by atoms with Gasteiger partial charge in [0, 0.05) is 0 Å². The van der Waals surface area contributed by atoms with Crippen molar-refractivity contribution in [3.05, 3.63) is 102 Å². The van der Waals surface area contributed by atoms with Gasteiger partial charge >= 0.3 is 5.97 Å². The number of hydrogen-bond donors (Lipinski definition) is 0. The predicted octanol–water partition coefficient (Wildman–Crippen LogP) is 4.13. The van der Waals surface area contributed by atoms with Gasteiger partial charge in [-0.15, -0.1) is 0 Å². The molecule has 186 valence electrons. The zero-order valence-corrected chi connectivity index (χ0v) is 22.5. The molecule has 0 radical (unpaired) electrons. The predicted molar refractivity (Wildman–Crippen MR) is 143 cm³/mol. The van der Waals surface area contributed by atoms with E-state index in [0.717, 1.165) is 11.1 Å². The highest BCUT2D eigenvalue weighted by Crippen LogP contribution is 2.37. The Morgan fingerprint density at radius 2 is 2.00 bits per heavy atom. The van der Waals surface area contributed by atoms with Crippen LogP contribution in [0.1, 0.15) is 31.0 Å². The van der Waals surface area contributed by atoms with Crippen LogP contribution in [0.3, 0.4) is 0 Å². The van der Waals surface area contributed by atoms with E-state index in [9.17, 15) is 9.59 Å². The number of esters is 1. The molecule has 0 aliphatic carbocycles. The van der Waals surface area contributed by atoms with E-state index in [1.165, 1.54) is 18.4 Å². The van der Waals surface area contributed by atoms with Gasteiger partial charge in [0.2, 0.25) is 0 Å². The van der Waals surface area contributed by atoms with Gasteiger partial charge in [0.05, 0.1) is 40.0 Å². The second-order valence-corrected chi connectivity index (χ2v) is 9.71. The third-order valence-corrected chi connectivity index (χ3v) is 7.09. The van der Waals surface area contributed by atoms with Gasteiger partial charge < -0.3 is 14.2 Å². The Kier molecular flexibility index (Phi) is 7.91. The summed E-state index contributed by atoms with van der Waals surface area (Å²) >= 11 is 4.82. The number of benzene rings is 2. The van der Waals surface area contributed by atoms with Crippen LogP contribution < -0.4 is 24.4 Å². The van der Waals surface area contributed by atoms with Crippen LogP contribution in [0, 0.1) is 0 Å². The van der Waals surface area contributed by atoms with Crippen molar-refractivity contribution in [2.45, 2.75) is 19.9 Å². The lowest BCUT2D eigenvalue weighted by Crippen LogP contribution is -2.39. The lowest BCUT2D eigenvalue weighted by molar-refractivity contribution is -0.136. The molecule has 36 heavy (non-hydrogen) atoms. The van der Waals surface area contributed by atoms with Gasteiger partial charge in [-0.3, -0.25) is 9.36 Å². The molecule has 3 aromatic rings. The molecule has 7 nitrogen and oxygen atoms in total. The fraction of sp³-hybridized carbons (Fsp3) is 0.222. The van der Waals surface area contributed by atoms with Crippen LogP contribution in [-0.4, -0.2) is 30.9 Å². The molecule has 2 aromatic carbocycles. The Labute approximate surface area is 220 Å². The zero-order chi connectivity index (χ0) is 25.8. The maximum atomic E-state index is 13.7. The molecule has 0 amide bonds.